The van der Waals surface area contributed by atoms with Crippen molar-refractivity contribution in [2.75, 3.05) is 18.2 Å². The molecule has 0 bridgehead atoms. The largest absolute Gasteiger partial charge is 0.497 e. The molecule has 3 N–H and O–H groups in total. The number of amides is 1. The average Bonchev–Trinajstić information content (AvgIpc) is 2.42. The summed E-state index contributed by atoms with van der Waals surface area (Å²) in [5, 5.41) is 2.64. The summed E-state index contributed by atoms with van der Waals surface area (Å²) in [6, 6.07) is 10.5. The first-order valence-corrected chi connectivity index (χ1v) is 5.60. The SMILES string of the molecule is COc1ccc(NC(=O)c2cc(F)ccc2N)cc1. The molecule has 0 atom stereocenters. The van der Waals surface area contributed by atoms with Crippen LogP contribution in [0.2, 0.25) is 0 Å². The standard InChI is InChI=1S/C14H13FN2O2/c1-19-11-5-3-10(4-6-11)17-14(18)12-8-9(15)2-7-13(12)16/h2-8H,16H2,1H3,(H,17,18). The average molecular weight is 260 g/mol. The Morgan fingerprint density at radius 3 is 2.53 bits per heavy atom. The van der Waals surface area contributed by atoms with Crippen LogP contribution in [0.15, 0.2) is 42.5 Å². The highest BCUT2D eigenvalue weighted by Crippen LogP contribution is 2.18. The van der Waals surface area contributed by atoms with Crippen molar-refractivity contribution >= 4 is 17.3 Å². The Morgan fingerprint density at radius 1 is 1.21 bits per heavy atom. The van der Waals surface area contributed by atoms with Crippen LogP contribution in [0.25, 0.3) is 0 Å². The van der Waals surface area contributed by atoms with Crippen LogP contribution in [0, 0.1) is 5.82 Å². The molecule has 5 heteroatoms. The van der Waals surface area contributed by atoms with Crippen LogP contribution < -0.4 is 15.8 Å². The van der Waals surface area contributed by atoms with Crippen LogP contribution in [0.5, 0.6) is 5.75 Å². The minimum Gasteiger partial charge on any atom is -0.497 e. The van der Waals surface area contributed by atoms with Crippen molar-refractivity contribution in [2.45, 2.75) is 0 Å². The molecule has 2 rings (SSSR count). The Labute approximate surface area is 110 Å². The summed E-state index contributed by atoms with van der Waals surface area (Å²) in [7, 11) is 1.56. The fourth-order valence-corrected chi connectivity index (χ4v) is 1.60. The van der Waals surface area contributed by atoms with Crippen LogP contribution in [0.1, 0.15) is 10.4 Å². The number of nitrogen functional groups attached to an aromatic ring is 1. The van der Waals surface area contributed by atoms with Crippen molar-refractivity contribution in [1.29, 1.82) is 0 Å². The van der Waals surface area contributed by atoms with Crippen molar-refractivity contribution in [1.82, 2.24) is 0 Å². The Morgan fingerprint density at radius 2 is 1.89 bits per heavy atom. The second kappa shape index (κ2) is 5.39. The van der Waals surface area contributed by atoms with E-state index in [1.165, 1.54) is 12.1 Å². The van der Waals surface area contributed by atoms with Gasteiger partial charge in [0.1, 0.15) is 11.6 Å². The lowest BCUT2D eigenvalue weighted by Gasteiger charge is -2.08. The van der Waals surface area contributed by atoms with Gasteiger partial charge in [-0.3, -0.25) is 4.79 Å². The predicted octanol–water partition coefficient (Wildman–Crippen LogP) is 2.67. The van der Waals surface area contributed by atoms with Crippen LogP contribution in [0.4, 0.5) is 15.8 Å². The summed E-state index contributed by atoms with van der Waals surface area (Å²) in [6.45, 7) is 0. The Kier molecular flexibility index (Phi) is 3.66. The highest BCUT2D eigenvalue weighted by atomic mass is 19.1. The number of rotatable bonds is 3. The summed E-state index contributed by atoms with van der Waals surface area (Å²) >= 11 is 0. The fraction of sp³-hybridized carbons (Fsp3) is 0.0714. The van der Waals surface area contributed by atoms with E-state index in [0.717, 1.165) is 6.07 Å². The lowest BCUT2D eigenvalue weighted by molar-refractivity contribution is 0.102. The lowest BCUT2D eigenvalue weighted by atomic mass is 10.1. The summed E-state index contributed by atoms with van der Waals surface area (Å²) in [4.78, 5) is 12.0. The highest BCUT2D eigenvalue weighted by Gasteiger charge is 2.11. The van der Waals surface area contributed by atoms with Crippen LogP contribution in [-0.2, 0) is 0 Å². The maximum atomic E-state index is 13.1. The maximum absolute atomic E-state index is 13.1. The topological polar surface area (TPSA) is 64.3 Å². The molecule has 0 spiro atoms. The van der Waals surface area contributed by atoms with Gasteiger partial charge in [-0.1, -0.05) is 0 Å². The fourth-order valence-electron chi connectivity index (χ4n) is 1.60. The van der Waals surface area contributed by atoms with Gasteiger partial charge in [-0.05, 0) is 42.5 Å². The third kappa shape index (κ3) is 3.01. The zero-order valence-electron chi connectivity index (χ0n) is 10.3. The number of anilines is 2. The molecule has 2 aromatic rings. The van der Waals surface area contributed by atoms with E-state index in [1.54, 1.807) is 31.4 Å². The number of methoxy groups -OCH3 is 1. The Bertz CT molecular complexity index is 597. The molecular formula is C14H13FN2O2. The van der Waals surface area contributed by atoms with Crippen molar-refractivity contribution < 1.29 is 13.9 Å². The van der Waals surface area contributed by atoms with E-state index in [4.69, 9.17) is 10.5 Å². The summed E-state index contributed by atoms with van der Waals surface area (Å²) < 4.78 is 18.1. The molecule has 0 aliphatic carbocycles. The third-order valence-corrected chi connectivity index (χ3v) is 2.61. The molecule has 1 amide bonds. The first-order valence-electron chi connectivity index (χ1n) is 5.60. The minimum absolute atomic E-state index is 0.107. The number of hydrogen-bond donors (Lipinski definition) is 2. The summed E-state index contributed by atoms with van der Waals surface area (Å²) in [6.07, 6.45) is 0. The van der Waals surface area contributed by atoms with E-state index in [0.29, 0.717) is 11.4 Å². The van der Waals surface area contributed by atoms with Gasteiger partial charge in [0.15, 0.2) is 0 Å². The number of nitrogens with two attached hydrogens (primary N) is 1. The summed E-state index contributed by atoms with van der Waals surface area (Å²) in [5.41, 5.74) is 6.56. The number of carbonyl (C=O) groups is 1. The molecule has 0 fully saturated rings. The van der Waals surface area contributed by atoms with Gasteiger partial charge in [0.05, 0.1) is 12.7 Å². The minimum atomic E-state index is -0.505. The number of hydrogen-bond acceptors (Lipinski definition) is 3. The van der Waals surface area contributed by atoms with E-state index in [1.807, 2.05) is 0 Å². The summed E-state index contributed by atoms with van der Waals surface area (Å²) in [5.74, 6) is -0.278. The van der Waals surface area contributed by atoms with Gasteiger partial charge in [0.25, 0.3) is 5.91 Å². The van der Waals surface area contributed by atoms with Gasteiger partial charge in [-0.25, -0.2) is 4.39 Å². The van der Waals surface area contributed by atoms with E-state index < -0.39 is 11.7 Å². The van der Waals surface area contributed by atoms with Crippen molar-refractivity contribution in [3.8, 4) is 5.75 Å². The molecule has 0 aliphatic rings. The van der Waals surface area contributed by atoms with Gasteiger partial charge < -0.3 is 15.8 Å². The molecule has 0 radical (unpaired) electrons. The van der Waals surface area contributed by atoms with Crippen molar-refractivity contribution in [3.05, 3.63) is 53.8 Å². The molecule has 0 aliphatic heterocycles. The van der Waals surface area contributed by atoms with E-state index in [2.05, 4.69) is 5.32 Å². The van der Waals surface area contributed by atoms with E-state index in [-0.39, 0.29) is 11.3 Å². The Hall–Kier alpha value is -2.56. The van der Waals surface area contributed by atoms with Gasteiger partial charge in [-0.2, -0.15) is 0 Å². The Balaban J connectivity index is 2.18. The first kappa shape index (κ1) is 12.9. The lowest BCUT2D eigenvalue weighted by Crippen LogP contribution is -2.14. The van der Waals surface area contributed by atoms with Crippen molar-refractivity contribution in [2.24, 2.45) is 0 Å². The number of benzene rings is 2. The van der Waals surface area contributed by atoms with Gasteiger partial charge in [0.2, 0.25) is 0 Å². The number of ether oxygens (including phenoxy) is 1. The first-order chi connectivity index (χ1) is 9.10. The number of carbonyl (C=O) groups excluding carboxylic acids is 1. The second-order valence-corrected chi connectivity index (χ2v) is 3.91. The molecular weight excluding hydrogens is 247 g/mol. The molecule has 98 valence electrons. The molecule has 0 saturated heterocycles. The van der Waals surface area contributed by atoms with Crippen molar-refractivity contribution in [3.63, 3.8) is 0 Å². The molecule has 0 aromatic heterocycles. The van der Waals surface area contributed by atoms with Gasteiger partial charge >= 0.3 is 0 Å². The monoisotopic (exact) mass is 260 g/mol. The van der Waals surface area contributed by atoms with Gasteiger partial charge in [0, 0.05) is 11.4 Å². The highest BCUT2D eigenvalue weighted by molar-refractivity contribution is 6.07. The predicted molar refractivity (Wildman–Crippen MR) is 71.8 cm³/mol. The zero-order valence-corrected chi connectivity index (χ0v) is 10.3. The molecule has 0 saturated carbocycles. The molecule has 0 unspecified atom stereocenters. The van der Waals surface area contributed by atoms with Crippen LogP contribution in [0.3, 0.4) is 0 Å². The normalized spacial score (nSPS) is 10.0. The van der Waals surface area contributed by atoms with Crippen LogP contribution in [-0.4, -0.2) is 13.0 Å². The molecule has 0 heterocycles. The zero-order chi connectivity index (χ0) is 13.8. The van der Waals surface area contributed by atoms with Gasteiger partial charge in [-0.15, -0.1) is 0 Å². The number of nitrogens with one attached hydrogen (secondary N) is 1. The maximum Gasteiger partial charge on any atom is 0.257 e. The quantitative estimate of drug-likeness (QED) is 0.834. The number of halogens is 1. The molecule has 19 heavy (non-hydrogen) atoms. The third-order valence-electron chi connectivity index (χ3n) is 2.61. The van der Waals surface area contributed by atoms with E-state index in [9.17, 15) is 9.18 Å². The van der Waals surface area contributed by atoms with E-state index >= 15 is 0 Å². The smallest absolute Gasteiger partial charge is 0.257 e. The molecule has 2 aromatic carbocycles. The molecule has 4 nitrogen and oxygen atoms in total. The van der Waals surface area contributed by atoms with Crippen LogP contribution >= 0.6 is 0 Å². The second-order valence-electron chi connectivity index (χ2n) is 3.91.